The third kappa shape index (κ3) is 4.85. The molecule has 0 aliphatic carbocycles. The summed E-state index contributed by atoms with van der Waals surface area (Å²) in [5.41, 5.74) is -0.546. The van der Waals surface area contributed by atoms with Crippen molar-refractivity contribution in [1.29, 1.82) is 0 Å². The van der Waals surface area contributed by atoms with Crippen LogP contribution < -0.4 is 10.5 Å². The van der Waals surface area contributed by atoms with Gasteiger partial charge in [0.2, 0.25) is 5.91 Å². The van der Waals surface area contributed by atoms with Crippen LogP contribution in [0.3, 0.4) is 0 Å². The Balaban J connectivity index is 2.15. The summed E-state index contributed by atoms with van der Waals surface area (Å²) in [4.78, 5) is 30.9. The van der Waals surface area contributed by atoms with Gasteiger partial charge in [-0.05, 0) is 25.5 Å². The zero-order valence-electron chi connectivity index (χ0n) is 13.6. The zero-order chi connectivity index (χ0) is 18.6. The average Bonchev–Trinajstić information content (AvgIpc) is 2.54. The largest absolute Gasteiger partial charge is 0.433 e. The number of hydrogen-bond acceptors (Lipinski definition) is 4. The Kier molecular flexibility index (Phi) is 5.89. The smallest absolute Gasteiger partial charge is 0.312 e. The summed E-state index contributed by atoms with van der Waals surface area (Å²) in [5, 5.41) is -0.242. The highest BCUT2D eigenvalue weighted by molar-refractivity contribution is 7.99. The highest BCUT2D eigenvalue weighted by atomic mass is 32.2. The summed E-state index contributed by atoms with van der Waals surface area (Å²) in [7, 11) is 0. The Morgan fingerprint density at radius 1 is 1.32 bits per heavy atom. The van der Waals surface area contributed by atoms with Crippen LogP contribution in [-0.2, 0) is 11.0 Å². The van der Waals surface area contributed by atoms with Crippen LogP contribution in [0.4, 0.5) is 18.9 Å². The molecule has 9 heteroatoms. The second-order valence-electron chi connectivity index (χ2n) is 5.15. The van der Waals surface area contributed by atoms with Crippen molar-refractivity contribution in [3.8, 4) is 0 Å². The Hall–Kier alpha value is -2.29. The highest BCUT2D eigenvalue weighted by Gasteiger charge is 2.33. The van der Waals surface area contributed by atoms with Gasteiger partial charge in [0.05, 0.1) is 5.75 Å². The van der Waals surface area contributed by atoms with Crippen molar-refractivity contribution in [2.24, 2.45) is 0 Å². The molecule has 0 spiro atoms. The SMILES string of the molecule is CCN(C(=O)CSc1nc(C(F)(F)F)cc(=O)[nH]1)c1ccccc1C. The first-order valence-electron chi connectivity index (χ1n) is 7.39. The van der Waals surface area contributed by atoms with E-state index in [0.29, 0.717) is 12.6 Å². The molecule has 0 radical (unpaired) electrons. The van der Waals surface area contributed by atoms with E-state index in [1.807, 2.05) is 19.1 Å². The number of aromatic nitrogens is 2. The van der Waals surface area contributed by atoms with Crippen molar-refractivity contribution < 1.29 is 18.0 Å². The maximum atomic E-state index is 12.7. The molecule has 1 heterocycles. The molecule has 0 saturated heterocycles. The van der Waals surface area contributed by atoms with Gasteiger partial charge in [-0.2, -0.15) is 13.2 Å². The van der Waals surface area contributed by atoms with Crippen LogP contribution in [0.15, 0.2) is 40.3 Å². The molecule has 1 amide bonds. The van der Waals surface area contributed by atoms with E-state index in [9.17, 15) is 22.8 Å². The predicted molar refractivity (Wildman–Crippen MR) is 89.8 cm³/mol. The molecule has 0 atom stereocenters. The number of nitrogens with one attached hydrogen (secondary N) is 1. The number of carbonyl (C=O) groups is 1. The predicted octanol–water partition coefficient (Wildman–Crippen LogP) is 3.24. The van der Waals surface area contributed by atoms with Crippen molar-refractivity contribution in [3.05, 3.63) is 51.9 Å². The van der Waals surface area contributed by atoms with Crippen molar-refractivity contribution in [1.82, 2.24) is 9.97 Å². The number of benzene rings is 1. The van der Waals surface area contributed by atoms with Crippen molar-refractivity contribution in [2.75, 3.05) is 17.2 Å². The zero-order valence-corrected chi connectivity index (χ0v) is 14.4. The number of hydrogen-bond donors (Lipinski definition) is 1. The lowest BCUT2D eigenvalue weighted by atomic mass is 10.2. The number of carbonyl (C=O) groups excluding carboxylic acids is 1. The van der Waals surface area contributed by atoms with E-state index in [4.69, 9.17) is 0 Å². The number of nitrogens with zero attached hydrogens (tertiary/aromatic N) is 2. The van der Waals surface area contributed by atoms with E-state index in [-0.39, 0.29) is 16.8 Å². The van der Waals surface area contributed by atoms with Gasteiger partial charge in [0.15, 0.2) is 10.9 Å². The molecule has 2 aromatic rings. The number of anilines is 1. The Morgan fingerprint density at radius 3 is 2.60 bits per heavy atom. The number of H-pyrrole nitrogens is 1. The summed E-state index contributed by atoms with van der Waals surface area (Å²) in [5.74, 6) is -0.436. The van der Waals surface area contributed by atoms with Crippen molar-refractivity contribution in [3.63, 3.8) is 0 Å². The number of halogens is 3. The lowest BCUT2D eigenvalue weighted by Gasteiger charge is -2.22. The normalized spacial score (nSPS) is 11.4. The van der Waals surface area contributed by atoms with E-state index in [1.165, 1.54) is 4.90 Å². The van der Waals surface area contributed by atoms with Gasteiger partial charge in [-0.3, -0.25) is 9.59 Å². The molecular weight excluding hydrogens is 355 g/mol. The van der Waals surface area contributed by atoms with Gasteiger partial charge in [-0.1, -0.05) is 30.0 Å². The summed E-state index contributed by atoms with van der Waals surface area (Å²) in [6.07, 6.45) is -4.72. The number of aromatic amines is 1. The van der Waals surface area contributed by atoms with E-state index in [0.717, 1.165) is 23.0 Å². The number of para-hydroxylation sites is 1. The maximum Gasteiger partial charge on any atom is 0.433 e. The number of aryl methyl sites for hydroxylation is 1. The Bertz CT molecular complexity index is 821. The van der Waals surface area contributed by atoms with Crippen LogP contribution in [0.1, 0.15) is 18.2 Å². The molecule has 0 saturated carbocycles. The lowest BCUT2D eigenvalue weighted by molar-refractivity contribution is -0.141. The fourth-order valence-corrected chi connectivity index (χ4v) is 2.96. The minimum Gasteiger partial charge on any atom is -0.312 e. The van der Waals surface area contributed by atoms with E-state index < -0.39 is 17.4 Å². The first-order valence-corrected chi connectivity index (χ1v) is 8.38. The quantitative estimate of drug-likeness (QED) is 0.647. The Labute approximate surface area is 146 Å². The second-order valence-corrected chi connectivity index (χ2v) is 6.11. The van der Waals surface area contributed by atoms with Crippen LogP contribution in [0.2, 0.25) is 0 Å². The molecule has 1 aromatic heterocycles. The Morgan fingerprint density at radius 2 is 2.00 bits per heavy atom. The van der Waals surface area contributed by atoms with Gasteiger partial charge in [0.1, 0.15) is 0 Å². The third-order valence-corrected chi connectivity index (χ3v) is 4.22. The second kappa shape index (κ2) is 7.73. The van der Waals surface area contributed by atoms with Crippen LogP contribution in [-0.4, -0.2) is 28.2 Å². The average molecular weight is 371 g/mol. The first-order chi connectivity index (χ1) is 11.7. The minimum absolute atomic E-state index is 0.146. The maximum absolute atomic E-state index is 12.7. The third-order valence-electron chi connectivity index (χ3n) is 3.37. The summed E-state index contributed by atoms with van der Waals surface area (Å²) >= 11 is 0.759. The van der Waals surface area contributed by atoms with Crippen LogP contribution in [0.5, 0.6) is 0 Å². The fourth-order valence-electron chi connectivity index (χ4n) is 2.20. The van der Waals surface area contributed by atoms with Crippen LogP contribution in [0.25, 0.3) is 0 Å². The molecule has 0 unspecified atom stereocenters. The molecule has 0 aliphatic heterocycles. The first kappa shape index (κ1) is 19.0. The molecular formula is C16H16F3N3O2S. The van der Waals surface area contributed by atoms with Crippen LogP contribution in [0, 0.1) is 6.92 Å². The van der Waals surface area contributed by atoms with Gasteiger partial charge in [0, 0.05) is 18.3 Å². The molecule has 0 bridgehead atoms. The lowest BCUT2D eigenvalue weighted by Crippen LogP contribution is -2.32. The molecule has 0 fully saturated rings. The van der Waals surface area contributed by atoms with Gasteiger partial charge in [-0.15, -0.1) is 0 Å². The van der Waals surface area contributed by atoms with E-state index in [2.05, 4.69) is 9.97 Å². The van der Waals surface area contributed by atoms with Gasteiger partial charge in [0.25, 0.3) is 5.56 Å². The summed E-state index contributed by atoms with van der Waals surface area (Å²) < 4.78 is 38.1. The molecule has 25 heavy (non-hydrogen) atoms. The molecule has 2 rings (SSSR count). The van der Waals surface area contributed by atoms with Gasteiger partial charge in [-0.25, -0.2) is 4.98 Å². The number of amides is 1. The standard InChI is InChI=1S/C16H16F3N3O2S/c1-3-22(11-7-5-4-6-10(11)2)14(24)9-25-15-20-12(16(17,18)19)8-13(23)21-15/h4-8H,3,9H2,1-2H3,(H,20,21,23). The number of alkyl halides is 3. The molecule has 5 nitrogen and oxygen atoms in total. The van der Waals surface area contributed by atoms with Gasteiger partial charge >= 0.3 is 6.18 Å². The van der Waals surface area contributed by atoms with Crippen molar-refractivity contribution >= 4 is 23.4 Å². The molecule has 134 valence electrons. The topological polar surface area (TPSA) is 66.1 Å². The highest BCUT2D eigenvalue weighted by Crippen LogP contribution is 2.28. The fraction of sp³-hybridized carbons (Fsp3) is 0.312. The summed E-state index contributed by atoms with van der Waals surface area (Å²) in [6, 6.07) is 7.70. The monoisotopic (exact) mass is 371 g/mol. The number of thioether (sulfide) groups is 1. The summed E-state index contributed by atoms with van der Waals surface area (Å²) in [6.45, 7) is 4.08. The van der Waals surface area contributed by atoms with Crippen LogP contribution >= 0.6 is 11.8 Å². The molecule has 1 N–H and O–H groups in total. The number of rotatable bonds is 5. The van der Waals surface area contributed by atoms with E-state index >= 15 is 0 Å². The molecule has 0 aliphatic rings. The van der Waals surface area contributed by atoms with Crippen molar-refractivity contribution in [2.45, 2.75) is 25.2 Å². The van der Waals surface area contributed by atoms with Gasteiger partial charge < -0.3 is 9.88 Å². The van der Waals surface area contributed by atoms with E-state index in [1.54, 1.807) is 19.1 Å². The molecule has 1 aromatic carbocycles. The minimum atomic E-state index is -4.72.